The van der Waals surface area contributed by atoms with E-state index in [4.69, 9.17) is 5.26 Å². The number of aryl methyl sites for hydroxylation is 2. The maximum absolute atomic E-state index is 9.13. The van der Waals surface area contributed by atoms with Crippen molar-refractivity contribution in [3.63, 3.8) is 0 Å². The molecule has 0 radical (unpaired) electrons. The van der Waals surface area contributed by atoms with Crippen molar-refractivity contribution in [2.75, 3.05) is 11.9 Å². The predicted molar refractivity (Wildman–Crippen MR) is 82.6 cm³/mol. The largest absolute Gasteiger partial charge is 0.369 e. The number of aromatic nitrogens is 1. The molecule has 1 aromatic carbocycles. The lowest BCUT2D eigenvalue weighted by Gasteiger charge is -2.09. The first kappa shape index (κ1) is 14.1. The maximum Gasteiger partial charge on any atom is 0.144 e. The highest BCUT2D eigenvalue weighted by Crippen LogP contribution is 2.23. The van der Waals surface area contributed by atoms with Crippen LogP contribution >= 0.6 is 0 Å². The Morgan fingerprint density at radius 3 is 2.60 bits per heavy atom. The van der Waals surface area contributed by atoms with E-state index in [2.05, 4.69) is 55.3 Å². The summed E-state index contributed by atoms with van der Waals surface area (Å²) in [7, 11) is 0. The van der Waals surface area contributed by atoms with E-state index < -0.39 is 0 Å². The van der Waals surface area contributed by atoms with Crippen LogP contribution in [0.25, 0.3) is 11.3 Å². The third kappa shape index (κ3) is 2.97. The van der Waals surface area contributed by atoms with Crippen molar-refractivity contribution in [3.05, 3.63) is 47.0 Å². The van der Waals surface area contributed by atoms with Gasteiger partial charge in [0.1, 0.15) is 11.9 Å². The van der Waals surface area contributed by atoms with E-state index in [0.29, 0.717) is 11.4 Å². The maximum atomic E-state index is 9.13. The molecule has 20 heavy (non-hydrogen) atoms. The summed E-state index contributed by atoms with van der Waals surface area (Å²) in [6, 6.07) is 12.2. The minimum absolute atomic E-state index is 0.589. The average Bonchev–Trinajstić information content (AvgIpc) is 2.47. The molecule has 0 spiro atoms. The Kier molecular flexibility index (Phi) is 4.37. The Morgan fingerprint density at radius 2 is 1.95 bits per heavy atom. The molecule has 1 aromatic heterocycles. The van der Waals surface area contributed by atoms with Gasteiger partial charge in [-0.15, -0.1) is 0 Å². The zero-order chi connectivity index (χ0) is 14.5. The quantitative estimate of drug-likeness (QED) is 0.907. The first-order valence-electron chi connectivity index (χ1n) is 6.88. The van der Waals surface area contributed by atoms with Crippen LogP contribution in [0.15, 0.2) is 30.3 Å². The van der Waals surface area contributed by atoms with E-state index in [9.17, 15) is 0 Å². The second-order valence-corrected chi connectivity index (χ2v) is 4.93. The van der Waals surface area contributed by atoms with Crippen molar-refractivity contribution < 1.29 is 0 Å². The first-order chi connectivity index (χ1) is 9.65. The van der Waals surface area contributed by atoms with Gasteiger partial charge < -0.3 is 5.32 Å². The van der Waals surface area contributed by atoms with Gasteiger partial charge in [-0.1, -0.05) is 19.1 Å². The molecule has 0 unspecified atom stereocenters. The van der Waals surface area contributed by atoms with E-state index in [1.807, 2.05) is 12.1 Å². The summed E-state index contributed by atoms with van der Waals surface area (Å²) in [5.41, 5.74) is 5.08. The first-order valence-corrected chi connectivity index (χ1v) is 6.88. The van der Waals surface area contributed by atoms with Crippen LogP contribution in [0.2, 0.25) is 0 Å². The molecule has 0 amide bonds. The van der Waals surface area contributed by atoms with E-state index in [1.165, 1.54) is 11.1 Å². The van der Waals surface area contributed by atoms with E-state index >= 15 is 0 Å². The standard InChI is InChI=1S/C17H19N3/c1-4-9-19-17-15(11-18)7-8-16(20-17)14-6-5-12(2)13(3)10-14/h5-8,10H,4,9H2,1-3H3,(H,19,20). The van der Waals surface area contributed by atoms with Crippen LogP contribution in [0.3, 0.4) is 0 Å². The molecule has 0 fully saturated rings. The van der Waals surface area contributed by atoms with E-state index in [1.54, 1.807) is 0 Å². The zero-order valence-electron chi connectivity index (χ0n) is 12.2. The molecular weight excluding hydrogens is 246 g/mol. The highest BCUT2D eigenvalue weighted by atomic mass is 15.0. The number of hydrogen-bond donors (Lipinski definition) is 1. The fourth-order valence-electron chi connectivity index (χ4n) is 1.99. The molecule has 0 aliphatic rings. The van der Waals surface area contributed by atoms with Crippen molar-refractivity contribution in [2.24, 2.45) is 0 Å². The summed E-state index contributed by atoms with van der Waals surface area (Å²) in [6.07, 6.45) is 1.00. The van der Waals surface area contributed by atoms with Gasteiger partial charge in [-0.3, -0.25) is 0 Å². The fraction of sp³-hybridized carbons (Fsp3) is 0.294. The highest BCUT2D eigenvalue weighted by Gasteiger charge is 2.07. The van der Waals surface area contributed by atoms with Crippen LogP contribution in [0.5, 0.6) is 0 Å². The summed E-state index contributed by atoms with van der Waals surface area (Å²) >= 11 is 0. The molecule has 2 aromatic rings. The lowest BCUT2D eigenvalue weighted by atomic mass is 10.0. The molecule has 2 rings (SSSR count). The van der Waals surface area contributed by atoms with Gasteiger partial charge in [0.2, 0.25) is 0 Å². The summed E-state index contributed by atoms with van der Waals surface area (Å²) < 4.78 is 0. The number of rotatable bonds is 4. The van der Waals surface area contributed by atoms with Gasteiger partial charge in [0, 0.05) is 12.1 Å². The van der Waals surface area contributed by atoms with Gasteiger partial charge in [-0.05, 0) is 49.6 Å². The molecular formula is C17H19N3. The van der Waals surface area contributed by atoms with Crippen molar-refractivity contribution in [3.8, 4) is 17.3 Å². The van der Waals surface area contributed by atoms with Crippen molar-refractivity contribution in [2.45, 2.75) is 27.2 Å². The van der Waals surface area contributed by atoms with Gasteiger partial charge in [0.25, 0.3) is 0 Å². The molecule has 3 nitrogen and oxygen atoms in total. The number of pyridine rings is 1. The number of nitriles is 1. The Labute approximate surface area is 120 Å². The Hall–Kier alpha value is -2.34. The Balaban J connectivity index is 2.42. The van der Waals surface area contributed by atoms with E-state index in [0.717, 1.165) is 24.2 Å². The van der Waals surface area contributed by atoms with Crippen LogP contribution < -0.4 is 5.32 Å². The van der Waals surface area contributed by atoms with Gasteiger partial charge in [-0.2, -0.15) is 5.26 Å². The van der Waals surface area contributed by atoms with Crippen molar-refractivity contribution >= 4 is 5.82 Å². The van der Waals surface area contributed by atoms with Gasteiger partial charge in [0.05, 0.1) is 11.3 Å². The summed E-state index contributed by atoms with van der Waals surface area (Å²) in [5.74, 6) is 0.671. The zero-order valence-corrected chi connectivity index (χ0v) is 12.2. The minimum Gasteiger partial charge on any atom is -0.369 e. The molecule has 1 N–H and O–H groups in total. The Morgan fingerprint density at radius 1 is 1.15 bits per heavy atom. The van der Waals surface area contributed by atoms with Crippen molar-refractivity contribution in [1.29, 1.82) is 5.26 Å². The number of nitrogens with zero attached hydrogens (tertiary/aromatic N) is 2. The second-order valence-electron chi connectivity index (χ2n) is 4.93. The van der Waals surface area contributed by atoms with Gasteiger partial charge in [0.15, 0.2) is 0 Å². The fourth-order valence-corrected chi connectivity index (χ4v) is 1.99. The predicted octanol–water partition coefficient (Wildman–Crippen LogP) is 4.06. The van der Waals surface area contributed by atoms with Crippen LogP contribution in [0.4, 0.5) is 5.82 Å². The number of nitrogens with one attached hydrogen (secondary N) is 1. The van der Waals surface area contributed by atoms with Crippen LogP contribution in [0, 0.1) is 25.2 Å². The smallest absolute Gasteiger partial charge is 0.144 e. The second kappa shape index (κ2) is 6.21. The lowest BCUT2D eigenvalue weighted by Crippen LogP contribution is -2.04. The van der Waals surface area contributed by atoms with Crippen molar-refractivity contribution in [1.82, 2.24) is 4.98 Å². The van der Waals surface area contributed by atoms with Gasteiger partial charge >= 0.3 is 0 Å². The number of hydrogen-bond acceptors (Lipinski definition) is 3. The van der Waals surface area contributed by atoms with E-state index in [-0.39, 0.29) is 0 Å². The normalized spacial score (nSPS) is 10.1. The lowest BCUT2D eigenvalue weighted by molar-refractivity contribution is 0.968. The van der Waals surface area contributed by atoms with Crippen LogP contribution in [-0.2, 0) is 0 Å². The molecule has 102 valence electrons. The topological polar surface area (TPSA) is 48.7 Å². The van der Waals surface area contributed by atoms with Crippen LogP contribution in [0.1, 0.15) is 30.0 Å². The molecule has 3 heteroatoms. The van der Waals surface area contributed by atoms with Crippen LogP contribution in [-0.4, -0.2) is 11.5 Å². The monoisotopic (exact) mass is 265 g/mol. The third-order valence-electron chi connectivity index (χ3n) is 3.36. The number of benzene rings is 1. The Bertz CT molecular complexity index is 654. The minimum atomic E-state index is 0.589. The molecule has 0 aliphatic carbocycles. The molecule has 0 saturated heterocycles. The third-order valence-corrected chi connectivity index (χ3v) is 3.36. The molecule has 0 bridgehead atoms. The average molecular weight is 265 g/mol. The van der Waals surface area contributed by atoms with Gasteiger partial charge in [-0.25, -0.2) is 4.98 Å². The SMILES string of the molecule is CCCNc1nc(-c2ccc(C)c(C)c2)ccc1C#N. The molecule has 1 heterocycles. The molecule has 0 aliphatic heterocycles. The molecule has 0 atom stereocenters. The summed E-state index contributed by atoms with van der Waals surface area (Å²) in [4.78, 5) is 4.59. The highest BCUT2D eigenvalue weighted by molar-refractivity contribution is 5.65. The summed E-state index contributed by atoms with van der Waals surface area (Å²) in [5, 5.41) is 12.3. The summed E-state index contributed by atoms with van der Waals surface area (Å²) in [6.45, 7) is 7.10. The molecule has 0 saturated carbocycles. The number of anilines is 1.